The summed E-state index contributed by atoms with van der Waals surface area (Å²) in [5.41, 5.74) is 0.342. The molecular weight excluding hydrogens is 411 g/mol. The molecule has 2 aromatic carbocycles. The van der Waals surface area contributed by atoms with Crippen LogP contribution in [0.25, 0.3) is 0 Å². The van der Waals surface area contributed by atoms with E-state index in [1.165, 1.54) is 22.5 Å². The van der Waals surface area contributed by atoms with Crippen LogP contribution in [0, 0.1) is 5.82 Å². The fourth-order valence-electron chi connectivity index (χ4n) is 3.15. The molecule has 0 unspecified atom stereocenters. The second kappa shape index (κ2) is 10.2. The first-order chi connectivity index (χ1) is 14.0. The van der Waals surface area contributed by atoms with Crippen molar-refractivity contribution in [2.24, 2.45) is 0 Å². The molecule has 29 heavy (non-hydrogen) atoms. The van der Waals surface area contributed by atoms with Gasteiger partial charge in [0.15, 0.2) is 0 Å². The number of piperidine rings is 1. The number of nitrogens with one attached hydrogen (secondary N) is 1. The zero-order valence-electron chi connectivity index (χ0n) is 16.1. The Bertz CT molecular complexity index is 927. The number of halogens is 1. The number of sulfonamides is 1. The highest BCUT2D eigenvalue weighted by molar-refractivity contribution is 7.99. The van der Waals surface area contributed by atoms with Crippen LogP contribution >= 0.6 is 11.8 Å². The van der Waals surface area contributed by atoms with Crippen LogP contribution in [0.4, 0.5) is 4.39 Å². The Morgan fingerprint density at radius 2 is 1.79 bits per heavy atom. The summed E-state index contributed by atoms with van der Waals surface area (Å²) in [6.45, 7) is 1.55. The van der Waals surface area contributed by atoms with Gasteiger partial charge in [0, 0.05) is 30.1 Å². The fourth-order valence-corrected chi connectivity index (χ4v) is 5.57. The van der Waals surface area contributed by atoms with Crippen molar-refractivity contribution < 1.29 is 17.6 Å². The normalized spacial score (nSPS) is 15.2. The molecule has 0 spiro atoms. The van der Waals surface area contributed by atoms with Crippen molar-refractivity contribution in [1.82, 2.24) is 9.62 Å². The Morgan fingerprint density at radius 3 is 2.52 bits per heavy atom. The van der Waals surface area contributed by atoms with Crippen LogP contribution in [-0.4, -0.2) is 44.0 Å². The average Bonchev–Trinajstić information content (AvgIpc) is 2.75. The maximum absolute atomic E-state index is 12.9. The first-order valence-corrected chi connectivity index (χ1v) is 12.2. The Hall–Kier alpha value is -1.90. The molecule has 0 saturated carbocycles. The van der Waals surface area contributed by atoms with Gasteiger partial charge >= 0.3 is 0 Å². The van der Waals surface area contributed by atoms with Crippen LogP contribution in [0.3, 0.4) is 0 Å². The highest BCUT2D eigenvalue weighted by Crippen LogP contribution is 2.21. The van der Waals surface area contributed by atoms with E-state index in [1.54, 1.807) is 42.1 Å². The number of hydrogen-bond donors (Lipinski definition) is 1. The summed E-state index contributed by atoms with van der Waals surface area (Å²) in [5.74, 6) is 0.244. The summed E-state index contributed by atoms with van der Waals surface area (Å²) in [5, 5.41) is 2.83. The van der Waals surface area contributed by atoms with Crippen molar-refractivity contribution in [3.63, 3.8) is 0 Å². The highest BCUT2D eigenvalue weighted by Gasteiger charge is 2.26. The first kappa shape index (κ1) is 21.8. The Balaban J connectivity index is 1.50. The van der Waals surface area contributed by atoms with Gasteiger partial charge in [0.2, 0.25) is 10.0 Å². The van der Waals surface area contributed by atoms with E-state index in [0.717, 1.165) is 36.3 Å². The van der Waals surface area contributed by atoms with Crippen LogP contribution in [0.2, 0.25) is 0 Å². The number of thioether (sulfide) groups is 1. The zero-order valence-corrected chi connectivity index (χ0v) is 17.8. The van der Waals surface area contributed by atoms with Crippen LogP contribution in [-0.2, 0) is 10.0 Å². The second-order valence-corrected chi connectivity index (χ2v) is 10.0. The van der Waals surface area contributed by atoms with Gasteiger partial charge in [0.25, 0.3) is 5.91 Å². The Labute approximate surface area is 175 Å². The molecule has 1 aliphatic rings. The van der Waals surface area contributed by atoms with Crippen LogP contribution < -0.4 is 5.32 Å². The number of carbonyl (C=O) groups excluding carboxylic acids is 1. The quantitative estimate of drug-likeness (QED) is 0.503. The standard InChI is InChI=1S/C21H25FN2O3S2/c22-18-8-10-19(11-9-18)28-15-5-12-23-21(25)17-6-4-7-20(16-17)29(26,27)24-13-2-1-3-14-24/h4,6-11,16H,1-3,5,12-15H2,(H,23,25). The number of amides is 1. The summed E-state index contributed by atoms with van der Waals surface area (Å²) in [6, 6.07) is 12.5. The summed E-state index contributed by atoms with van der Waals surface area (Å²) in [6.07, 6.45) is 3.54. The molecule has 0 aromatic heterocycles. The largest absolute Gasteiger partial charge is 0.352 e. The summed E-state index contributed by atoms with van der Waals surface area (Å²) < 4.78 is 40.0. The fraction of sp³-hybridized carbons (Fsp3) is 0.381. The van der Waals surface area contributed by atoms with E-state index in [2.05, 4.69) is 5.32 Å². The van der Waals surface area contributed by atoms with Gasteiger partial charge in [-0.1, -0.05) is 12.5 Å². The third kappa shape index (κ3) is 6.04. The topological polar surface area (TPSA) is 66.5 Å². The van der Waals surface area contributed by atoms with Crippen molar-refractivity contribution in [3.8, 4) is 0 Å². The molecular formula is C21H25FN2O3S2. The van der Waals surface area contributed by atoms with Gasteiger partial charge in [-0.2, -0.15) is 4.31 Å². The van der Waals surface area contributed by atoms with Crippen molar-refractivity contribution in [3.05, 3.63) is 59.9 Å². The van der Waals surface area contributed by atoms with Crippen LogP contribution in [0.15, 0.2) is 58.3 Å². The lowest BCUT2D eigenvalue weighted by Crippen LogP contribution is -2.35. The summed E-state index contributed by atoms with van der Waals surface area (Å²) in [4.78, 5) is 13.5. The predicted octanol–water partition coefficient (Wildman–Crippen LogP) is 3.91. The molecule has 0 radical (unpaired) electrons. The second-order valence-electron chi connectivity index (χ2n) is 6.90. The Morgan fingerprint density at radius 1 is 1.07 bits per heavy atom. The molecule has 3 rings (SSSR count). The molecule has 1 saturated heterocycles. The van der Waals surface area contributed by atoms with E-state index in [9.17, 15) is 17.6 Å². The van der Waals surface area contributed by atoms with E-state index < -0.39 is 10.0 Å². The van der Waals surface area contributed by atoms with E-state index in [1.807, 2.05) is 0 Å². The van der Waals surface area contributed by atoms with Gasteiger partial charge in [0.1, 0.15) is 5.82 Å². The number of nitrogens with zero attached hydrogens (tertiary/aromatic N) is 1. The predicted molar refractivity (Wildman–Crippen MR) is 113 cm³/mol. The van der Waals surface area contributed by atoms with Crippen molar-refractivity contribution in [2.45, 2.75) is 35.5 Å². The number of benzene rings is 2. The molecule has 2 aromatic rings. The average molecular weight is 437 g/mol. The lowest BCUT2D eigenvalue weighted by atomic mass is 10.2. The Kier molecular flexibility index (Phi) is 7.69. The van der Waals surface area contributed by atoms with Gasteiger partial charge in [0.05, 0.1) is 4.90 Å². The summed E-state index contributed by atoms with van der Waals surface area (Å²) in [7, 11) is -3.56. The molecule has 0 aliphatic carbocycles. The minimum atomic E-state index is -3.56. The van der Waals surface area contributed by atoms with Gasteiger partial charge in [-0.05, 0) is 67.5 Å². The van der Waals surface area contributed by atoms with E-state index in [4.69, 9.17) is 0 Å². The first-order valence-electron chi connectivity index (χ1n) is 9.73. The molecule has 1 amide bonds. The minimum Gasteiger partial charge on any atom is -0.352 e. The van der Waals surface area contributed by atoms with Gasteiger partial charge < -0.3 is 5.32 Å². The molecule has 1 heterocycles. The van der Waals surface area contributed by atoms with Gasteiger partial charge in [-0.3, -0.25) is 4.79 Å². The van der Waals surface area contributed by atoms with Gasteiger partial charge in [-0.15, -0.1) is 11.8 Å². The lowest BCUT2D eigenvalue weighted by molar-refractivity contribution is 0.0953. The molecule has 0 atom stereocenters. The van der Waals surface area contributed by atoms with Crippen LogP contribution in [0.1, 0.15) is 36.0 Å². The minimum absolute atomic E-state index is 0.166. The molecule has 1 N–H and O–H groups in total. The highest BCUT2D eigenvalue weighted by atomic mass is 32.2. The molecule has 0 bridgehead atoms. The molecule has 1 fully saturated rings. The van der Waals surface area contributed by atoms with Crippen molar-refractivity contribution in [1.29, 1.82) is 0 Å². The lowest BCUT2D eigenvalue weighted by Gasteiger charge is -2.26. The maximum atomic E-state index is 12.9. The molecule has 1 aliphatic heterocycles. The number of hydrogen-bond acceptors (Lipinski definition) is 4. The third-order valence-corrected chi connectivity index (χ3v) is 7.73. The van der Waals surface area contributed by atoms with Crippen molar-refractivity contribution in [2.75, 3.05) is 25.4 Å². The van der Waals surface area contributed by atoms with E-state index in [-0.39, 0.29) is 16.6 Å². The SMILES string of the molecule is O=C(NCCCSc1ccc(F)cc1)c1cccc(S(=O)(=O)N2CCCCC2)c1. The van der Waals surface area contributed by atoms with Crippen molar-refractivity contribution >= 4 is 27.7 Å². The third-order valence-electron chi connectivity index (χ3n) is 4.74. The molecule has 5 nitrogen and oxygen atoms in total. The number of rotatable bonds is 8. The van der Waals surface area contributed by atoms with Gasteiger partial charge in [-0.25, -0.2) is 12.8 Å². The monoisotopic (exact) mass is 436 g/mol. The van der Waals surface area contributed by atoms with E-state index >= 15 is 0 Å². The van der Waals surface area contributed by atoms with Crippen LogP contribution in [0.5, 0.6) is 0 Å². The number of carbonyl (C=O) groups is 1. The maximum Gasteiger partial charge on any atom is 0.251 e. The van der Waals surface area contributed by atoms with E-state index in [0.29, 0.717) is 25.2 Å². The molecule has 156 valence electrons. The smallest absolute Gasteiger partial charge is 0.251 e. The summed E-state index contributed by atoms with van der Waals surface area (Å²) >= 11 is 1.60. The molecule has 8 heteroatoms. The zero-order chi connectivity index (χ0) is 20.7.